The molecule has 0 heterocycles. The van der Waals surface area contributed by atoms with Gasteiger partial charge in [0.25, 0.3) is 0 Å². The van der Waals surface area contributed by atoms with E-state index in [0.717, 1.165) is 12.8 Å². The number of rotatable bonds is 42. The number of likely N-dealkylation sites (N-methyl/N-ethyl adjacent to an activating group) is 1. The fourth-order valence-electron chi connectivity index (χ4n) is 6.27. The smallest absolute Gasteiger partial charge is 0.407 e. The van der Waals surface area contributed by atoms with Crippen molar-refractivity contribution in [2.75, 3.05) is 59.8 Å². The Morgan fingerprint density at radius 1 is 0.538 bits per heavy atom. The zero-order valence-electron chi connectivity index (χ0n) is 34.9. The molecule has 0 atom stereocenters. The number of unbranched alkanes of at least 4 members (excludes halogenated alkanes) is 24. The Balaban J connectivity index is 4.00. The molecule has 0 fully saturated rings. The zero-order valence-corrected chi connectivity index (χ0v) is 34.9. The summed E-state index contributed by atoms with van der Waals surface area (Å²) in [7, 11) is 1.90. The highest BCUT2D eigenvalue weighted by Gasteiger charge is 2.14. The van der Waals surface area contributed by atoms with Gasteiger partial charge in [0.05, 0.1) is 25.9 Å². The van der Waals surface area contributed by atoms with Crippen LogP contribution in [0.4, 0.5) is 4.79 Å². The maximum Gasteiger partial charge on any atom is 0.407 e. The number of nitrogens with one attached hydrogen (secondary N) is 1. The van der Waals surface area contributed by atoms with Gasteiger partial charge in [-0.25, -0.2) is 4.79 Å². The van der Waals surface area contributed by atoms with Gasteiger partial charge < -0.3 is 29.5 Å². The molecule has 0 aromatic rings. The molecule has 0 aliphatic heterocycles. The van der Waals surface area contributed by atoms with E-state index in [1.165, 1.54) is 167 Å². The standard InChI is InChI=1S/C45H88N2O5/c1-4-6-8-10-12-14-16-18-20-22-24-26-28-30-32-34-39-50-42-44(46-45(49)52-41-37-47(3)36-38-48)43-51-40-35-33-31-29-27-25-23-21-19-17-15-13-11-9-7-5-2/h18-21,44,48H,4-17,22-43H2,1-3H3,(H,46,49)/b20-18-,21-19-. The van der Waals surface area contributed by atoms with Crippen LogP contribution in [0.1, 0.15) is 194 Å². The molecule has 52 heavy (non-hydrogen) atoms. The van der Waals surface area contributed by atoms with Crippen LogP contribution in [-0.4, -0.2) is 81.9 Å². The second kappa shape index (κ2) is 44.0. The van der Waals surface area contributed by atoms with E-state index in [9.17, 15) is 4.79 Å². The lowest BCUT2D eigenvalue weighted by molar-refractivity contribution is 0.0483. The first kappa shape index (κ1) is 50.6. The second-order valence-electron chi connectivity index (χ2n) is 15.0. The van der Waals surface area contributed by atoms with Crippen molar-refractivity contribution in [3.05, 3.63) is 24.3 Å². The molecule has 0 aliphatic rings. The summed E-state index contributed by atoms with van der Waals surface area (Å²) in [4.78, 5) is 14.4. The van der Waals surface area contributed by atoms with E-state index < -0.39 is 6.09 Å². The number of amides is 1. The molecule has 0 saturated heterocycles. The number of aliphatic hydroxyl groups excluding tert-OH is 1. The van der Waals surface area contributed by atoms with Gasteiger partial charge in [-0.15, -0.1) is 0 Å². The fourth-order valence-corrected chi connectivity index (χ4v) is 6.27. The molecule has 0 spiro atoms. The third-order valence-electron chi connectivity index (χ3n) is 9.75. The van der Waals surface area contributed by atoms with Crippen LogP contribution in [0.3, 0.4) is 0 Å². The normalized spacial score (nSPS) is 12.0. The highest BCUT2D eigenvalue weighted by Crippen LogP contribution is 2.12. The van der Waals surface area contributed by atoms with Crippen LogP contribution in [0, 0.1) is 0 Å². The van der Waals surface area contributed by atoms with Crippen molar-refractivity contribution < 1.29 is 24.1 Å². The maximum atomic E-state index is 12.5. The first-order valence-electron chi connectivity index (χ1n) is 22.3. The molecule has 2 N–H and O–H groups in total. The maximum absolute atomic E-state index is 12.5. The molecule has 7 heteroatoms. The van der Waals surface area contributed by atoms with Gasteiger partial charge in [-0.3, -0.25) is 0 Å². The van der Waals surface area contributed by atoms with Gasteiger partial charge in [0.15, 0.2) is 0 Å². The predicted molar refractivity (Wildman–Crippen MR) is 223 cm³/mol. The molecule has 0 saturated carbocycles. The number of allylic oxidation sites excluding steroid dienone is 4. The largest absolute Gasteiger partial charge is 0.448 e. The van der Waals surface area contributed by atoms with Gasteiger partial charge in [-0.2, -0.15) is 0 Å². The topological polar surface area (TPSA) is 80.3 Å². The average Bonchev–Trinajstić information content (AvgIpc) is 3.13. The minimum absolute atomic E-state index is 0.0907. The molecule has 0 rings (SSSR count). The van der Waals surface area contributed by atoms with Crippen LogP contribution < -0.4 is 5.32 Å². The summed E-state index contributed by atoms with van der Waals surface area (Å²) in [6.45, 7) is 8.33. The van der Waals surface area contributed by atoms with Crippen LogP contribution in [0.2, 0.25) is 0 Å². The van der Waals surface area contributed by atoms with Crippen LogP contribution in [0.5, 0.6) is 0 Å². The number of alkyl carbamates (subject to hydrolysis) is 1. The van der Waals surface area contributed by atoms with Gasteiger partial charge in [0.1, 0.15) is 6.61 Å². The molecule has 1 amide bonds. The summed E-state index contributed by atoms with van der Waals surface area (Å²) in [5.41, 5.74) is 0. The van der Waals surface area contributed by atoms with E-state index in [2.05, 4.69) is 43.5 Å². The highest BCUT2D eigenvalue weighted by molar-refractivity contribution is 5.67. The molecule has 0 aromatic carbocycles. The Morgan fingerprint density at radius 2 is 0.904 bits per heavy atom. The second-order valence-corrected chi connectivity index (χ2v) is 15.0. The highest BCUT2D eigenvalue weighted by atomic mass is 16.6. The quantitative estimate of drug-likeness (QED) is 0.0480. The molecule has 0 unspecified atom stereocenters. The van der Waals surface area contributed by atoms with Crippen molar-refractivity contribution >= 4 is 6.09 Å². The minimum Gasteiger partial charge on any atom is -0.448 e. The monoisotopic (exact) mass is 737 g/mol. The van der Waals surface area contributed by atoms with E-state index in [1.807, 2.05) is 11.9 Å². The van der Waals surface area contributed by atoms with Crippen molar-refractivity contribution in [1.29, 1.82) is 0 Å². The summed E-state index contributed by atoms with van der Waals surface area (Å²) in [5.74, 6) is 0. The lowest BCUT2D eigenvalue weighted by Gasteiger charge is -2.20. The number of hydrogen-bond donors (Lipinski definition) is 2. The molecule has 0 bridgehead atoms. The van der Waals surface area contributed by atoms with E-state index in [4.69, 9.17) is 19.3 Å². The average molecular weight is 737 g/mol. The summed E-state index contributed by atoms with van der Waals surface area (Å²) in [6, 6.07) is -0.231. The van der Waals surface area contributed by atoms with Crippen molar-refractivity contribution in [2.24, 2.45) is 0 Å². The molecule has 308 valence electrons. The number of nitrogens with zero attached hydrogens (tertiary/aromatic N) is 1. The van der Waals surface area contributed by atoms with Crippen molar-refractivity contribution in [3.8, 4) is 0 Å². The van der Waals surface area contributed by atoms with Crippen LogP contribution in [0.25, 0.3) is 0 Å². The SMILES string of the molecule is CCCCCCCC/C=C\CCCCCCCCOCC(COCCCCCCCC/C=C\CCCCCCCC)NC(=O)OCCN(C)CCO. The van der Waals surface area contributed by atoms with E-state index in [1.54, 1.807) is 0 Å². The zero-order chi connectivity index (χ0) is 37.8. The van der Waals surface area contributed by atoms with Crippen LogP contribution in [0.15, 0.2) is 24.3 Å². The van der Waals surface area contributed by atoms with Gasteiger partial charge in [0, 0.05) is 26.3 Å². The van der Waals surface area contributed by atoms with Crippen LogP contribution in [-0.2, 0) is 14.2 Å². The number of hydrogen-bond acceptors (Lipinski definition) is 6. The summed E-state index contributed by atoms with van der Waals surface area (Å²) >= 11 is 0. The first-order valence-corrected chi connectivity index (χ1v) is 22.3. The lowest BCUT2D eigenvalue weighted by Crippen LogP contribution is -2.42. The third kappa shape index (κ3) is 41.3. The Morgan fingerprint density at radius 3 is 1.29 bits per heavy atom. The Labute approximate surface area is 323 Å². The summed E-state index contributed by atoms with van der Waals surface area (Å²) in [5, 5.41) is 12.0. The predicted octanol–water partition coefficient (Wildman–Crippen LogP) is 12.1. The molecule has 0 radical (unpaired) electrons. The van der Waals surface area contributed by atoms with Gasteiger partial charge in [-0.05, 0) is 71.3 Å². The van der Waals surface area contributed by atoms with Crippen molar-refractivity contribution in [1.82, 2.24) is 10.2 Å². The lowest BCUT2D eigenvalue weighted by atomic mass is 10.1. The number of carbonyl (C=O) groups is 1. The molecule has 7 nitrogen and oxygen atoms in total. The number of ether oxygens (including phenoxy) is 3. The minimum atomic E-state index is -0.441. The van der Waals surface area contributed by atoms with E-state index in [-0.39, 0.29) is 19.3 Å². The Bertz CT molecular complexity index is 716. The molecular weight excluding hydrogens is 649 g/mol. The Kier molecular flexibility index (Phi) is 42.8. The van der Waals surface area contributed by atoms with Gasteiger partial charge in [-0.1, -0.05) is 154 Å². The van der Waals surface area contributed by atoms with Crippen molar-refractivity contribution in [2.45, 2.75) is 200 Å². The number of aliphatic hydroxyl groups is 1. The Hall–Kier alpha value is -1.41. The molecular formula is C45H88N2O5. The fraction of sp³-hybridized carbons (Fsp3) is 0.889. The van der Waals surface area contributed by atoms with E-state index in [0.29, 0.717) is 39.5 Å². The third-order valence-corrected chi connectivity index (χ3v) is 9.75. The summed E-state index contributed by atoms with van der Waals surface area (Å²) < 4.78 is 17.3. The van der Waals surface area contributed by atoms with Crippen molar-refractivity contribution in [3.63, 3.8) is 0 Å². The van der Waals surface area contributed by atoms with Crippen LogP contribution >= 0.6 is 0 Å². The summed E-state index contributed by atoms with van der Waals surface area (Å²) in [6.07, 6.45) is 45.3. The number of carbonyl (C=O) groups excluding carboxylic acids is 1. The molecule has 0 aliphatic carbocycles. The van der Waals surface area contributed by atoms with Gasteiger partial charge in [0.2, 0.25) is 0 Å². The first-order chi connectivity index (χ1) is 25.6. The molecule has 0 aromatic heterocycles. The van der Waals surface area contributed by atoms with Gasteiger partial charge >= 0.3 is 6.09 Å². The van der Waals surface area contributed by atoms with E-state index >= 15 is 0 Å².